The quantitative estimate of drug-likeness (QED) is 0.588. The second kappa shape index (κ2) is 9.45. The monoisotopic (exact) mass is 485 g/mol. The smallest absolute Gasteiger partial charge is 0.228 e. The molecule has 1 aliphatic carbocycles. The van der Waals surface area contributed by atoms with Crippen LogP contribution in [0.2, 0.25) is 0 Å². The largest absolute Gasteiger partial charge is 0.311 e. The molecule has 0 saturated carbocycles. The molecule has 2 unspecified atom stereocenters. The molecule has 0 radical (unpaired) electrons. The van der Waals surface area contributed by atoms with Crippen molar-refractivity contribution in [1.29, 1.82) is 0 Å². The van der Waals surface area contributed by atoms with Gasteiger partial charge in [-0.25, -0.2) is 4.98 Å². The van der Waals surface area contributed by atoms with Crippen molar-refractivity contribution in [1.82, 2.24) is 14.8 Å². The molecule has 1 aromatic carbocycles. The van der Waals surface area contributed by atoms with Gasteiger partial charge < -0.3 is 4.90 Å². The summed E-state index contributed by atoms with van der Waals surface area (Å²) in [5, 5.41) is 2.42. The van der Waals surface area contributed by atoms with E-state index in [1.54, 1.807) is 6.20 Å². The lowest BCUT2D eigenvalue weighted by molar-refractivity contribution is -0.117. The number of aromatic nitrogens is 1. The molecule has 0 spiro atoms. The van der Waals surface area contributed by atoms with Gasteiger partial charge >= 0.3 is 0 Å². The van der Waals surface area contributed by atoms with E-state index in [-0.39, 0.29) is 23.7 Å². The summed E-state index contributed by atoms with van der Waals surface area (Å²) in [6, 6.07) is 8.47. The number of anilines is 1. The first-order valence-electron chi connectivity index (χ1n) is 12.1. The number of thiazole rings is 1. The van der Waals surface area contributed by atoms with Crippen LogP contribution >= 0.6 is 11.3 Å². The predicted molar refractivity (Wildman–Crippen MR) is 139 cm³/mol. The average molecular weight is 486 g/mol. The fraction of sp³-hybridized carbons (Fsp3) is 0.333. The minimum absolute atomic E-state index is 0.0878. The summed E-state index contributed by atoms with van der Waals surface area (Å²) < 4.78 is 0. The third-order valence-electron chi connectivity index (χ3n) is 7.21. The van der Waals surface area contributed by atoms with E-state index in [1.807, 2.05) is 28.6 Å². The number of piperazine rings is 1. The Morgan fingerprint density at radius 2 is 2.03 bits per heavy atom. The maximum Gasteiger partial charge on any atom is 0.228 e. The van der Waals surface area contributed by atoms with Gasteiger partial charge in [0.15, 0.2) is 5.01 Å². The van der Waals surface area contributed by atoms with Gasteiger partial charge in [-0.2, -0.15) is 0 Å². The standard InChI is InChI=1S/C27H27N5O2S/c33-24(27-29-9-14-35-27)18-30-10-12-31(13-11-30)22-16-25(34)32(17-22)21-5-1-4-20(15-21)23-6-2-3-19-7-8-28-26(19)23/h1-9,14-15,19,22H,10-13,16-18H2. The van der Waals surface area contributed by atoms with E-state index >= 15 is 0 Å². The fourth-order valence-electron chi connectivity index (χ4n) is 5.34. The van der Waals surface area contributed by atoms with E-state index in [0.717, 1.165) is 48.7 Å². The number of allylic oxidation sites excluding steroid dienone is 5. The van der Waals surface area contributed by atoms with Gasteiger partial charge in [-0.3, -0.25) is 24.4 Å². The van der Waals surface area contributed by atoms with Crippen LogP contribution in [-0.2, 0) is 4.79 Å². The zero-order valence-electron chi connectivity index (χ0n) is 19.4. The molecule has 1 aromatic heterocycles. The van der Waals surface area contributed by atoms with E-state index < -0.39 is 0 Å². The van der Waals surface area contributed by atoms with Gasteiger partial charge in [-0.1, -0.05) is 36.4 Å². The lowest BCUT2D eigenvalue weighted by atomic mass is 9.88. The molecule has 7 nitrogen and oxygen atoms in total. The first-order valence-corrected chi connectivity index (χ1v) is 13.0. The number of Topliss-reactive ketones (excluding diaryl/α,β-unsaturated/α-hetero) is 1. The second-order valence-electron chi connectivity index (χ2n) is 9.33. The Labute approximate surface area is 208 Å². The molecule has 2 saturated heterocycles. The third kappa shape index (κ3) is 4.45. The van der Waals surface area contributed by atoms with Gasteiger partial charge in [-0.15, -0.1) is 11.3 Å². The minimum Gasteiger partial charge on any atom is -0.311 e. The highest BCUT2D eigenvalue weighted by atomic mass is 32.1. The summed E-state index contributed by atoms with van der Waals surface area (Å²) in [6.07, 6.45) is 12.5. The van der Waals surface area contributed by atoms with Crippen LogP contribution in [0.25, 0.3) is 5.57 Å². The van der Waals surface area contributed by atoms with Crippen LogP contribution in [0.15, 0.2) is 71.3 Å². The lowest BCUT2D eigenvalue weighted by Gasteiger charge is -2.37. The van der Waals surface area contributed by atoms with Gasteiger partial charge in [0.1, 0.15) is 0 Å². The molecular weight excluding hydrogens is 458 g/mol. The number of benzene rings is 1. The lowest BCUT2D eigenvalue weighted by Crippen LogP contribution is -2.52. The van der Waals surface area contributed by atoms with Gasteiger partial charge in [0, 0.05) is 80.1 Å². The van der Waals surface area contributed by atoms with Crippen LogP contribution in [0, 0.1) is 5.92 Å². The van der Waals surface area contributed by atoms with Crippen molar-refractivity contribution in [3.8, 4) is 0 Å². The number of rotatable bonds is 6. The van der Waals surface area contributed by atoms with Gasteiger partial charge in [0.25, 0.3) is 0 Å². The highest BCUT2D eigenvalue weighted by Gasteiger charge is 2.36. The Morgan fingerprint density at radius 3 is 2.86 bits per heavy atom. The second-order valence-corrected chi connectivity index (χ2v) is 10.2. The average Bonchev–Trinajstić information content (AvgIpc) is 3.65. The SMILES string of the molecule is O=C(CN1CCN(C2CC(=O)N(c3cccc(C4=CC=CC5C=CN=C45)c3)C2)CC1)c1nccs1. The molecule has 2 aromatic rings. The van der Waals surface area contributed by atoms with Gasteiger partial charge in [0.2, 0.25) is 11.7 Å². The molecule has 0 N–H and O–H groups in total. The van der Waals surface area contributed by atoms with Crippen molar-refractivity contribution < 1.29 is 9.59 Å². The van der Waals surface area contributed by atoms with Gasteiger partial charge in [0.05, 0.1) is 12.3 Å². The minimum atomic E-state index is 0.0878. The third-order valence-corrected chi connectivity index (χ3v) is 8.03. The number of ketones is 1. The molecule has 1 amide bonds. The number of amides is 1. The van der Waals surface area contributed by atoms with Crippen LogP contribution in [-0.4, -0.2) is 77.5 Å². The van der Waals surface area contributed by atoms with Crippen LogP contribution in [0.3, 0.4) is 0 Å². The molecule has 35 heavy (non-hydrogen) atoms. The molecule has 4 heterocycles. The summed E-state index contributed by atoms with van der Waals surface area (Å²) in [5.41, 5.74) is 4.23. The Hall–Kier alpha value is -3.20. The highest BCUT2D eigenvalue weighted by molar-refractivity contribution is 7.11. The molecule has 3 aliphatic heterocycles. The molecule has 2 atom stereocenters. The number of hydrogen-bond donors (Lipinski definition) is 0. The summed E-state index contributed by atoms with van der Waals surface area (Å²) in [5.74, 6) is 0.501. The maximum atomic E-state index is 13.0. The van der Waals surface area contributed by atoms with Crippen molar-refractivity contribution in [2.75, 3.05) is 44.2 Å². The first-order chi connectivity index (χ1) is 17.2. The van der Waals surface area contributed by atoms with Crippen LogP contribution in [0.1, 0.15) is 21.8 Å². The molecule has 0 bridgehead atoms. The predicted octanol–water partition coefficient (Wildman–Crippen LogP) is 3.29. The molecule has 6 rings (SSSR count). The molecule has 2 fully saturated rings. The fourth-order valence-corrected chi connectivity index (χ4v) is 5.91. The van der Waals surface area contributed by atoms with Crippen LogP contribution in [0.5, 0.6) is 0 Å². The van der Waals surface area contributed by atoms with Gasteiger partial charge in [-0.05, 0) is 17.7 Å². The summed E-state index contributed by atoms with van der Waals surface area (Å²) >= 11 is 1.40. The number of carbonyl (C=O) groups is 2. The Kier molecular flexibility index (Phi) is 6.01. The molecule has 8 heteroatoms. The Bertz CT molecular complexity index is 1250. The van der Waals surface area contributed by atoms with Crippen molar-refractivity contribution in [3.05, 3.63) is 76.9 Å². The topological polar surface area (TPSA) is 69.1 Å². The molecule has 178 valence electrons. The molecular formula is C27H27N5O2S. The van der Waals surface area contributed by atoms with E-state index in [2.05, 4.69) is 56.2 Å². The van der Waals surface area contributed by atoms with Crippen molar-refractivity contribution in [3.63, 3.8) is 0 Å². The van der Waals surface area contributed by atoms with E-state index in [4.69, 9.17) is 0 Å². The first kappa shape index (κ1) is 22.3. The zero-order valence-corrected chi connectivity index (χ0v) is 20.2. The van der Waals surface area contributed by atoms with E-state index in [0.29, 0.717) is 24.5 Å². The van der Waals surface area contributed by atoms with E-state index in [1.165, 1.54) is 11.3 Å². The molecule has 4 aliphatic rings. The normalized spacial score (nSPS) is 24.6. The Balaban J connectivity index is 1.09. The number of hydrogen-bond acceptors (Lipinski definition) is 7. The Morgan fingerprint density at radius 1 is 1.14 bits per heavy atom. The van der Waals surface area contributed by atoms with Crippen molar-refractivity contribution >= 4 is 40.0 Å². The van der Waals surface area contributed by atoms with Crippen LogP contribution < -0.4 is 4.90 Å². The summed E-state index contributed by atoms with van der Waals surface area (Å²) in [7, 11) is 0. The maximum absolute atomic E-state index is 13.0. The van der Waals surface area contributed by atoms with Crippen LogP contribution in [0.4, 0.5) is 5.69 Å². The van der Waals surface area contributed by atoms with Crippen molar-refractivity contribution in [2.24, 2.45) is 10.9 Å². The number of fused-ring (bicyclic) bond motifs is 1. The highest BCUT2D eigenvalue weighted by Crippen LogP contribution is 2.32. The zero-order chi connectivity index (χ0) is 23.8. The van der Waals surface area contributed by atoms with Crippen molar-refractivity contribution in [2.45, 2.75) is 12.5 Å². The number of carbonyl (C=O) groups excluding carboxylic acids is 2. The number of nitrogens with zero attached hydrogens (tertiary/aromatic N) is 5. The van der Waals surface area contributed by atoms with E-state index in [9.17, 15) is 9.59 Å². The summed E-state index contributed by atoms with van der Waals surface area (Å²) in [6.45, 7) is 4.50. The summed E-state index contributed by atoms with van der Waals surface area (Å²) in [4.78, 5) is 40.6. The number of aliphatic imine (C=N–C) groups is 1.